The molecular formula is C12H21N3O3S. The van der Waals surface area contributed by atoms with Crippen LogP contribution in [0.5, 0.6) is 0 Å². The molecule has 0 spiro atoms. The lowest BCUT2D eigenvalue weighted by Crippen LogP contribution is -2.20. The first kappa shape index (κ1) is 14.6. The summed E-state index contributed by atoms with van der Waals surface area (Å²) < 4.78 is 7.05. The SMILES string of the molecule is CCCCOCC(O)CSc1n[nH]c(=O)n1C1CC1. The molecule has 1 unspecified atom stereocenters. The number of aliphatic hydroxyl groups excluding tert-OH is 1. The van der Waals surface area contributed by atoms with Crippen LogP contribution in [0.2, 0.25) is 0 Å². The third-order valence-electron chi connectivity index (χ3n) is 2.94. The monoisotopic (exact) mass is 287 g/mol. The minimum absolute atomic E-state index is 0.154. The number of unbranched alkanes of at least 4 members (excludes halogenated alkanes) is 1. The van der Waals surface area contributed by atoms with E-state index in [1.165, 1.54) is 11.8 Å². The van der Waals surface area contributed by atoms with Gasteiger partial charge in [-0.3, -0.25) is 4.57 Å². The average molecular weight is 287 g/mol. The Hall–Kier alpha value is -0.790. The third-order valence-corrected chi connectivity index (χ3v) is 4.04. The summed E-state index contributed by atoms with van der Waals surface area (Å²) in [6.45, 7) is 3.13. The Kier molecular flexibility index (Phi) is 5.47. The van der Waals surface area contributed by atoms with Crippen molar-refractivity contribution in [3.8, 4) is 0 Å². The first-order chi connectivity index (χ1) is 9.22. The summed E-state index contributed by atoms with van der Waals surface area (Å²) in [5, 5.41) is 16.9. The topological polar surface area (TPSA) is 80.1 Å². The lowest BCUT2D eigenvalue weighted by molar-refractivity contribution is 0.0473. The fourth-order valence-electron chi connectivity index (χ4n) is 1.73. The lowest BCUT2D eigenvalue weighted by Gasteiger charge is -2.10. The first-order valence-corrected chi connectivity index (χ1v) is 7.76. The average Bonchev–Trinajstić information content (AvgIpc) is 3.16. The number of aliphatic hydroxyl groups is 1. The number of nitrogens with one attached hydrogen (secondary N) is 1. The molecule has 1 saturated carbocycles. The molecule has 2 rings (SSSR count). The zero-order chi connectivity index (χ0) is 13.7. The molecule has 1 aromatic rings. The summed E-state index contributed by atoms with van der Waals surface area (Å²) >= 11 is 1.40. The second-order valence-corrected chi connectivity index (χ2v) is 5.79. The Bertz CT molecular complexity index is 442. The van der Waals surface area contributed by atoms with Crippen LogP contribution in [0, 0.1) is 0 Å². The van der Waals surface area contributed by atoms with Crippen LogP contribution in [0.25, 0.3) is 0 Å². The fourth-order valence-corrected chi connectivity index (χ4v) is 2.65. The number of rotatable bonds is 9. The summed E-state index contributed by atoms with van der Waals surface area (Å²) in [5.41, 5.74) is -0.154. The Morgan fingerprint density at radius 1 is 1.63 bits per heavy atom. The predicted octanol–water partition coefficient (Wildman–Crippen LogP) is 1.18. The number of thioether (sulfide) groups is 1. The number of aromatic amines is 1. The van der Waals surface area contributed by atoms with Crippen LogP contribution in [-0.2, 0) is 4.74 Å². The van der Waals surface area contributed by atoms with Crippen molar-refractivity contribution < 1.29 is 9.84 Å². The lowest BCUT2D eigenvalue weighted by atomic mass is 10.3. The van der Waals surface area contributed by atoms with Gasteiger partial charge in [-0.05, 0) is 19.3 Å². The van der Waals surface area contributed by atoms with E-state index < -0.39 is 6.10 Å². The summed E-state index contributed by atoms with van der Waals surface area (Å²) in [6, 6.07) is 0.298. The van der Waals surface area contributed by atoms with Crippen molar-refractivity contribution >= 4 is 11.8 Å². The Balaban J connectivity index is 1.74. The molecular weight excluding hydrogens is 266 g/mol. The second-order valence-electron chi connectivity index (χ2n) is 4.81. The van der Waals surface area contributed by atoms with Crippen LogP contribution in [0.1, 0.15) is 38.6 Å². The number of hydrogen-bond donors (Lipinski definition) is 2. The molecule has 1 fully saturated rings. The molecule has 2 N–H and O–H groups in total. The van der Waals surface area contributed by atoms with Crippen molar-refractivity contribution in [2.24, 2.45) is 0 Å². The summed E-state index contributed by atoms with van der Waals surface area (Å²) in [7, 11) is 0. The van der Waals surface area contributed by atoms with Gasteiger partial charge in [0.25, 0.3) is 0 Å². The van der Waals surface area contributed by atoms with Crippen molar-refractivity contribution in [1.82, 2.24) is 14.8 Å². The minimum atomic E-state index is -0.527. The number of hydrogen-bond acceptors (Lipinski definition) is 5. The van der Waals surface area contributed by atoms with Crippen LogP contribution in [0.4, 0.5) is 0 Å². The van der Waals surface area contributed by atoms with E-state index in [9.17, 15) is 9.90 Å². The van der Waals surface area contributed by atoms with Gasteiger partial charge in [-0.2, -0.15) is 0 Å². The van der Waals surface area contributed by atoms with Gasteiger partial charge in [0.15, 0.2) is 5.16 Å². The van der Waals surface area contributed by atoms with Crippen LogP contribution < -0.4 is 5.69 Å². The van der Waals surface area contributed by atoms with E-state index >= 15 is 0 Å². The summed E-state index contributed by atoms with van der Waals surface area (Å²) in [5.74, 6) is 0.489. The van der Waals surface area contributed by atoms with E-state index in [-0.39, 0.29) is 5.69 Å². The van der Waals surface area contributed by atoms with Gasteiger partial charge in [0.1, 0.15) is 0 Å². The largest absolute Gasteiger partial charge is 0.390 e. The first-order valence-electron chi connectivity index (χ1n) is 6.78. The number of aromatic nitrogens is 3. The molecule has 0 saturated heterocycles. The maximum Gasteiger partial charge on any atom is 0.344 e. The summed E-state index contributed by atoms with van der Waals surface area (Å²) in [6.07, 6.45) is 3.65. The zero-order valence-electron chi connectivity index (χ0n) is 11.2. The van der Waals surface area contributed by atoms with Gasteiger partial charge in [-0.25, -0.2) is 9.89 Å². The van der Waals surface area contributed by atoms with E-state index in [1.54, 1.807) is 4.57 Å². The molecule has 1 aliphatic carbocycles. The van der Waals surface area contributed by atoms with E-state index in [4.69, 9.17) is 4.74 Å². The van der Waals surface area contributed by atoms with Crippen LogP contribution in [-0.4, -0.2) is 44.9 Å². The molecule has 6 nitrogen and oxygen atoms in total. The second kappa shape index (κ2) is 7.12. The third kappa shape index (κ3) is 4.36. The maximum absolute atomic E-state index is 11.6. The van der Waals surface area contributed by atoms with E-state index in [1.807, 2.05) is 0 Å². The van der Waals surface area contributed by atoms with Crippen LogP contribution >= 0.6 is 11.8 Å². The number of nitrogens with zero attached hydrogens (tertiary/aromatic N) is 2. The maximum atomic E-state index is 11.6. The van der Waals surface area contributed by atoms with Crippen LogP contribution in [0.3, 0.4) is 0 Å². The minimum Gasteiger partial charge on any atom is -0.390 e. The molecule has 1 heterocycles. The Morgan fingerprint density at radius 2 is 2.42 bits per heavy atom. The zero-order valence-corrected chi connectivity index (χ0v) is 12.0. The molecule has 1 atom stereocenters. The van der Waals surface area contributed by atoms with Gasteiger partial charge in [-0.1, -0.05) is 25.1 Å². The Labute approximate surface area is 116 Å². The Morgan fingerprint density at radius 3 is 3.11 bits per heavy atom. The van der Waals surface area contributed by atoms with Crippen molar-refractivity contribution in [2.75, 3.05) is 19.0 Å². The fraction of sp³-hybridized carbons (Fsp3) is 0.833. The molecule has 108 valence electrons. The van der Waals surface area contributed by atoms with Crippen molar-refractivity contribution in [3.05, 3.63) is 10.5 Å². The van der Waals surface area contributed by atoms with Crippen molar-refractivity contribution in [1.29, 1.82) is 0 Å². The van der Waals surface area contributed by atoms with Gasteiger partial charge >= 0.3 is 5.69 Å². The highest BCUT2D eigenvalue weighted by Gasteiger charge is 2.28. The van der Waals surface area contributed by atoms with E-state index in [2.05, 4.69) is 17.1 Å². The predicted molar refractivity (Wildman–Crippen MR) is 73.6 cm³/mol. The summed E-state index contributed by atoms with van der Waals surface area (Å²) in [4.78, 5) is 11.6. The molecule has 0 aliphatic heterocycles. The molecule has 0 radical (unpaired) electrons. The number of H-pyrrole nitrogens is 1. The van der Waals surface area contributed by atoms with Gasteiger partial charge < -0.3 is 9.84 Å². The normalized spacial score (nSPS) is 16.7. The van der Waals surface area contributed by atoms with Gasteiger partial charge in [0, 0.05) is 18.4 Å². The highest BCUT2D eigenvalue weighted by molar-refractivity contribution is 7.99. The van der Waals surface area contributed by atoms with E-state index in [0.717, 1.165) is 25.7 Å². The molecule has 0 aromatic carbocycles. The van der Waals surface area contributed by atoms with E-state index in [0.29, 0.717) is 30.2 Å². The van der Waals surface area contributed by atoms with Gasteiger partial charge in [0.2, 0.25) is 0 Å². The molecule has 19 heavy (non-hydrogen) atoms. The van der Waals surface area contributed by atoms with Crippen molar-refractivity contribution in [2.45, 2.75) is 49.9 Å². The molecule has 0 amide bonds. The highest BCUT2D eigenvalue weighted by Crippen LogP contribution is 2.36. The smallest absolute Gasteiger partial charge is 0.344 e. The van der Waals surface area contributed by atoms with Crippen molar-refractivity contribution in [3.63, 3.8) is 0 Å². The van der Waals surface area contributed by atoms with Gasteiger partial charge in [0.05, 0.1) is 12.7 Å². The molecule has 1 aliphatic rings. The van der Waals surface area contributed by atoms with Crippen LogP contribution in [0.15, 0.2) is 9.95 Å². The molecule has 7 heteroatoms. The molecule has 1 aromatic heterocycles. The number of ether oxygens (including phenoxy) is 1. The van der Waals surface area contributed by atoms with Gasteiger partial charge in [-0.15, -0.1) is 5.10 Å². The molecule has 0 bridgehead atoms. The highest BCUT2D eigenvalue weighted by atomic mass is 32.2. The quantitative estimate of drug-likeness (QED) is 0.526. The standard InChI is InChI=1S/C12H21N3O3S/c1-2-3-6-18-7-10(16)8-19-12-14-13-11(17)15(12)9-4-5-9/h9-10,16H,2-8H2,1H3,(H,13,17).